The van der Waals surface area contributed by atoms with Crippen molar-refractivity contribution >= 4 is 5.91 Å². The maximum Gasteiger partial charge on any atom is 0.237 e. The van der Waals surface area contributed by atoms with Crippen molar-refractivity contribution in [3.05, 3.63) is 0 Å². The van der Waals surface area contributed by atoms with Crippen LogP contribution >= 0.6 is 0 Å². The Hall–Kier alpha value is -0.650. The van der Waals surface area contributed by atoms with Gasteiger partial charge in [-0.2, -0.15) is 0 Å². The Morgan fingerprint density at radius 1 is 1.33 bits per heavy atom. The highest BCUT2D eigenvalue weighted by molar-refractivity contribution is 5.84. The molecule has 2 atom stereocenters. The molecule has 0 spiro atoms. The van der Waals surface area contributed by atoms with Crippen LogP contribution in [0.3, 0.4) is 0 Å². The van der Waals surface area contributed by atoms with E-state index in [1.165, 1.54) is 13.1 Å². The Bertz CT molecular complexity index is 323. The van der Waals surface area contributed by atoms with E-state index in [4.69, 9.17) is 5.73 Å². The largest absolute Gasteiger partial charge is 0.368 e. The van der Waals surface area contributed by atoms with Crippen molar-refractivity contribution in [3.63, 3.8) is 0 Å². The number of rotatable bonds is 9. The molecule has 2 unspecified atom stereocenters. The van der Waals surface area contributed by atoms with Gasteiger partial charge in [-0.3, -0.25) is 9.69 Å². The van der Waals surface area contributed by atoms with Crippen LogP contribution in [0.25, 0.3) is 0 Å². The van der Waals surface area contributed by atoms with Crippen LogP contribution in [-0.4, -0.2) is 66.6 Å². The normalized spacial score (nSPS) is 23.9. The van der Waals surface area contributed by atoms with Gasteiger partial charge in [0.05, 0.1) is 5.54 Å². The van der Waals surface area contributed by atoms with E-state index in [-0.39, 0.29) is 5.91 Å². The van der Waals surface area contributed by atoms with Gasteiger partial charge in [-0.05, 0) is 52.7 Å². The highest BCUT2D eigenvalue weighted by Crippen LogP contribution is 2.15. The van der Waals surface area contributed by atoms with Gasteiger partial charge in [0.1, 0.15) is 0 Å². The molecule has 1 heterocycles. The molecule has 0 radical (unpaired) electrons. The molecule has 0 aromatic carbocycles. The molecule has 0 saturated carbocycles. The number of unbranched alkanes of at least 4 members (excludes halogenated alkanes) is 1. The third kappa shape index (κ3) is 5.57. The van der Waals surface area contributed by atoms with Gasteiger partial charge in [0.15, 0.2) is 0 Å². The zero-order valence-electron chi connectivity index (χ0n) is 14.3. The molecule has 1 aliphatic heterocycles. The van der Waals surface area contributed by atoms with Crippen molar-refractivity contribution in [1.29, 1.82) is 0 Å². The maximum atomic E-state index is 11.6. The Morgan fingerprint density at radius 3 is 2.57 bits per heavy atom. The van der Waals surface area contributed by atoms with Crippen LogP contribution in [0.2, 0.25) is 0 Å². The van der Waals surface area contributed by atoms with E-state index in [1.807, 2.05) is 13.8 Å². The second-order valence-electron chi connectivity index (χ2n) is 6.46. The van der Waals surface area contributed by atoms with E-state index in [1.54, 1.807) is 0 Å². The third-order valence-corrected chi connectivity index (χ3v) is 4.77. The number of amides is 1. The molecule has 21 heavy (non-hydrogen) atoms. The molecule has 1 rings (SSSR count). The Morgan fingerprint density at radius 2 is 2.05 bits per heavy atom. The lowest BCUT2D eigenvalue weighted by atomic mass is 9.94. The Kier molecular flexibility index (Phi) is 7.63. The van der Waals surface area contributed by atoms with E-state index in [0.717, 1.165) is 45.4 Å². The molecule has 5 nitrogen and oxygen atoms in total. The van der Waals surface area contributed by atoms with Crippen LogP contribution in [0, 0.1) is 0 Å². The van der Waals surface area contributed by atoms with E-state index in [0.29, 0.717) is 6.04 Å². The molecule has 1 fully saturated rings. The number of nitrogens with two attached hydrogens (primary N) is 1. The number of nitrogens with one attached hydrogen (secondary N) is 1. The summed E-state index contributed by atoms with van der Waals surface area (Å²) < 4.78 is 0. The van der Waals surface area contributed by atoms with Gasteiger partial charge in [0.2, 0.25) is 5.91 Å². The third-order valence-electron chi connectivity index (χ3n) is 4.77. The number of carbonyl (C=O) groups is 1. The van der Waals surface area contributed by atoms with Crippen molar-refractivity contribution in [1.82, 2.24) is 15.1 Å². The summed E-state index contributed by atoms with van der Waals surface area (Å²) in [5, 5.41) is 3.22. The molecule has 1 aliphatic rings. The average Bonchev–Trinajstić information content (AvgIpc) is 2.44. The molecule has 1 amide bonds. The SMILES string of the molecule is CCNC(C)(CCCCN1CCN(CC)C(C)C1)C(N)=O. The van der Waals surface area contributed by atoms with Crippen molar-refractivity contribution in [2.45, 2.75) is 58.5 Å². The summed E-state index contributed by atoms with van der Waals surface area (Å²) in [4.78, 5) is 16.6. The van der Waals surface area contributed by atoms with Crippen LogP contribution in [-0.2, 0) is 4.79 Å². The van der Waals surface area contributed by atoms with Gasteiger partial charge in [-0.25, -0.2) is 0 Å². The zero-order valence-corrected chi connectivity index (χ0v) is 14.3. The van der Waals surface area contributed by atoms with Crippen molar-refractivity contribution in [2.24, 2.45) is 5.73 Å². The first-order chi connectivity index (χ1) is 9.92. The molecule has 5 heteroatoms. The minimum atomic E-state index is -0.553. The summed E-state index contributed by atoms with van der Waals surface area (Å²) in [6.45, 7) is 15.0. The monoisotopic (exact) mass is 298 g/mol. The number of hydrogen-bond acceptors (Lipinski definition) is 4. The summed E-state index contributed by atoms with van der Waals surface area (Å²) >= 11 is 0. The number of nitrogens with zero attached hydrogens (tertiary/aromatic N) is 2. The quantitative estimate of drug-likeness (QED) is 0.624. The molecule has 0 aromatic heterocycles. The Balaban J connectivity index is 2.26. The van der Waals surface area contributed by atoms with Gasteiger partial charge >= 0.3 is 0 Å². The lowest BCUT2D eigenvalue weighted by molar-refractivity contribution is -0.124. The molecule has 3 N–H and O–H groups in total. The summed E-state index contributed by atoms with van der Waals surface area (Å²) in [5.41, 5.74) is 4.96. The maximum absolute atomic E-state index is 11.6. The Labute approximate surface area is 130 Å². The van der Waals surface area contributed by atoms with Crippen LogP contribution < -0.4 is 11.1 Å². The predicted octanol–water partition coefficient (Wildman–Crippen LogP) is 1.04. The summed E-state index contributed by atoms with van der Waals surface area (Å²) in [7, 11) is 0. The number of primary amides is 1. The lowest BCUT2D eigenvalue weighted by Gasteiger charge is -2.39. The number of likely N-dealkylation sites (N-methyl/N-ethyl adjacent to an activating group) is 2. The minimum Gasteiger partial charge on any atom is -0.368 e. The molecule has 0 aliphatic carbocycles. The van der Waals surface area contributed by atoms with Gasteiger partial charge in [0.25, 0.3) is 0 Å². The van der Waals surface area contributed by atoms with Crippen molar-refractivity contribution < 1.29 is 4.79 Å². The summed E-state index contributed by atoms with van der Waals surface area (Å²) in [6.07, 6.45) is 2.99. The van der Waals surface area contributed by atoms with Crippen LogP contribution in [0.5, 0.6) is 0 Å². The lowest BCUT2D eigenvalue weighted by Crippen LogP contribution is -2.53. The second-order valence-corrected chi connectivity index (χ2v) is 6.46. The van der Waals surface area contributed by atoms with Crippen molar-refractivity contribution in [2.75, 3.05) is 39.3 Å². The standard InChI is InChI=1S/C16H34N4O/c1-5-18-16(4,15(17)21)9-7-8-10-19-11-12-20(6-2)14(3)13-19/h14,18H,5-13H2,1-4H3,(H2,17,21). The summed E-state index contributed by atoms with van der Waals surface area (Å²) in [5.74, 6) is -0.241. The van der Waals surface area contributed by atoms with Crippen LogP contribution in [0.1, 0.15) is 47.0 Å². The predicted molar refractivity (Wildman–Crippen MR) is 88.3 cm³/mol. The van der Waals surface area contributed by atoms with E-state index in [9.17, 15) is 4.79 Å². The molecule has 124 valence electrons. The molecule has 0 aromatic rings. The molecule has 1 saturated heterocycles. The van der Waals surface area contributed by atoms with Crippen LogP contribution in [0.4, 0.5) is 0 Å². The number of hydrogen-bond donors (Lipinski definition) is 2. The number of piperazine rings is 1. The fourth-order valence-electron chi connectivity index (χ4n) is 3.25. The van der Waals surface area contributed by atoms with Gasteiger partial charge < -0.3 is 16.0 Å². The minimum absolute atomic E-state index is 0.241. The zero-order chi connectivity index (χ0) is 15.9. The topological polar surface area (TPSA) is 61.6 Å². The molecular weight excluding hydrogens is 264 g/mol. The van der Waals surface area contributed by atoms with Gasteiger partial charge in [-0.1, -0.05) is 13.8 Å². The second kappa shape index (κ2) is 8.71. The van der Waals surface area contributed by atoms with E-state index >= 15 is 0 Å². The van der Waals surface area contributed by atoms with E-state index < -0.39 is 5.54 Å². The molecule has 0 bridgehead atoms. The van der Waals surface area contributed by atoms with Gasteiger partial charge in [0, 0.05) is 25.7 Å². The highest BCUT2D eigenvalue weighted by Gasteiger charge is 2.29. The summed E-state index contributed by atoms with van der Waals surface area (Å²) in [6, 6.07) is 0.654. The first kappa shape index (κ1) is 18.4. The first-order valence-electron chi connectivity index (χ1n) is 8.44. The van der Waals surface area contributed by atoms with Crippen LogP contribution in [0.15, 0.2) is 0 Å². The van der Waals surface area contributed by atoms with Gasteiger partial charge in [-0.15, -0.1) is 0 Å². The smallest absolute Gasteiger partial charge is 0.237 e. The van der Waals surface area contributed by atoms with Crippen molar-refractivity contribution in [3.8, 4) is 0 Å². The molecular formula is C16H34N4O. The number of carbonyl (C=O) groups excluding carboxylic acids is 1. The fraction of sp³-hybridized carbons (Fsp3) is 0.938. The average molecular weight is 298 g/mol. The fourth-order valence-corrected chi connectivity index (χ4v) is 3.25. The highest BCUT2D eigenvalue weighted by atomic mass is 16.1. The first-order valence-corrected chi connectivity index (χ1v) is 8.44. The van der Waals surface area contributed by atoms with E-state index in [2.05, 4.69) is 29.0 Å².